The van der Waals surface area contributed by atoms with Gasteiger partial charge >= 0.3 is 0 Å². The molecule has 0 saturated carbocycles. The van der Waals surface area contributed by atoms with Crippen LogP contribution in [0.3, 0.4) is 0 Å². The number of benzene rings is 2. The Morgan fingerprint density at radius 3 is 2.93 bits per heavy atom. The van der Waals surface area contributed by atoms with Crippen molar-refractivity contribution in [3.8, 4) is 5.75 Å². The van der Waals surface area contributed by atoms with Gasteiger partial charge in [0.1, 0.15) is 12.4 Å². The van der Waals surface area contributed by atoms with E-state index in [4.69, 9.17) is 16.3 Å². The normalized spacial score (nSPS) is 18.0. The fraction of sp³-hybridized carbons (Fsp3) is 0.150. The summed E-state index contributed by atoms with van der Waals surface area (Å²) in [6.45, 7) is 4.05. The lowest BCUT2D eigenvalue weighted by Gasteiger charge is -2.05. The summed E-state index contributed by atoms with van der Waals surface area (Å²) in [6, 6.07) is 15.0. The van der Waals surface area contributed by atoms with Crippen molar-refractivity contribution in [1.29, 1.82) is 0 Å². The first-order chi connectivity index (χ1) is 13.2. The molecule has 1 amide bonds. The summed E-state index contributed by atoms with van der Waals surface area (Å²) in [6.07, 6.45) is 3.86. The molecule has 0 aromatic heterocycles. The van der Waals surface area contributed by atoms with Gasteiger partial charge in [-0.1, -0.05) is 60.3 Å². The van der Waals surface area contributed by atoms with Gasteiger partial charge in [0.05, 0.1) is 11.5 Å². The molecule has 2 aromatic carbocycles. The number of hydrogen-bond donors (Lipinski definition) is 1. The highest BCUT2D eigenvalue weighted by atomic mass is 35.5. The molecule has 1 saturated heterocycles. The van der Waals surface area contributed by atoms with Crippen LogP contribution in [0.15, 0.2) is 71.4 Å². The summed E-state index contributed by atoms with van der Waals surface area (Å²) < 4.78 is 5.58. The van der Waals surface area contributed by atoms with Crippen molar-refractivity contribution in [3.63, 3.8) is 0 Å². The van der Waals surface area contributed by atoms with Gasteiger partial charge < -0.3 is 10.1 Å². The van der Waals surface area contributed by atoms with Gasteiger partial charge in [-0.2, -0.15) is 5.10 Å². The van der Waals surface area contributed by atoms with Crippen molar-refractivity contribution < 1.29 is 9.53 Å². The Kier molecular flexibility index (Phi) is 6.68. The molecule has 2 aromatic rings. The van der Waals surface area contributed by atoms with Crippen molar-refractivity contribution >= 4 is 40.7 Å². The summed E-state index contributed by atoms with van der Waals surface area (Å²) in [4.78, 5) is 12.2. The van der Waals surface area contributed by atoms with Crippen molar-refractivity contribution in [1.82, 2.24) is 5.32 Å². The van der Waals surface area contributed by atoms with Gasteiger partial charge in [0.25, 0.3) is 0 Å². The van der Waals surface area contributed by atoms with E-state index in [0.29, 0.717) is 29.0 Å². The number of carbonyl (C=O) groups is 1. The second-order valence-electron chi connectivity index (χ2n) is 5.72. The molecule has 3 rings (SSSR count). The number of nitrogens with one attached hydrogen (secondary N) is 1. The van der Waals surface area contributed by atoms with Crippen LogP contribution in [0.2, 0.25) is 5.02 Å². The lowest BCUT2D eigenvalue weighted by molar-refractivity contribution is -0.118. The maximum Gasteiger partial charge on any atom is 0.239 e. The standard InChI is InChI=1S/C20H18ClN3O2S/c1-2-10-26-17-9-4-3-7-15(17)13-22-24-20-23-19(25)18(27-20)12-14-6-5-8-16(21)11-14/h2-9,11,13,18H,1,10,12H2,(H,23,24,25)/b22-13+. The van der Waals surface area contributed by atoms with E-state index in [1.165, 1.54) is 11.8 Å². The average Bonchev–Trinajstić information content (AvgIpc) is 3.00. The van der Waals surface area contributed by atoms with Crippen LogP contribution < -0.4 is 10.1 Å². The molecule has 1 aliphatic heterocycles. The first kappa shape index (κ1) is 19.2. The number of amidine groups is 1. The van der Waals surface area contributed by atoms with Crippen molar-refractivity contribution in [2.45, 2.75) is 11.7 Å². The van der Waals surface area contributed by atoms with E-state index in [9.17, 15) is 4.79 Å². The molecule has 1 aliphatic rings. The summed E-state index contributed by atoms with van der Waals surface area (Å²) in [5.74, 6) is 0.618. The molecular weight excluding hydrogens is 382 g/mol. The molecule has 5 nitrogen and oxygen atoms in total. The molecule has 0 radical (unpaired) electrons. The highest BCUT2D eigenvalue weighted by Gasteiger charge is 2.30. The minimum atomic E-state index is -0.249. The third-order valence-corrected chi connectivity index (χ3v) is 5.01. The predicted octanol–water partition coefficient (Wildman–Crippen LogP) is 4.07. The van der Waals surface area contributed by atoms with Crippen LogP contribution in [-0.4, -0.2) is 29.1 Å². The summed E-state index contributed by atoms with van der Waals surface area (Å²) >= 11 is 7.36. The topological polar surface area (TPSA) is 63.1 Å². The highest BCUT2D eigenvalue weighted by molar-refractivity contribution is 8.15. The minimum Gasteiger partial charge on any atom is -0.489 e. The van der Waals surface area contributed by atoms with Gasteiger partial charge in [-0.15, -0.1) is 5.10 Å². The second kappa shape index (κ2) is 9.39. The van der Waals surface area contributed by atoms with Crippen LogP contribution in [0, 0.1) is 0 Å². The molecule has 0 bridgehead atoms. The maximum absolute atomic E-state index is 12.2. The quantitative estimate of drug-likeness (QED) is 0.433. The van der Waals surface area contributed by atoms with Crippen LogP contribution in [0.1, 0.15) is 11.1 Å². The fourth-order valence-corrected chi connectivity index (χ4v) is 3.65. The van der Waals surface area contributed by atoms with E-state index in [-0.39, 0.29) is 11.2 Å². The average molecular weight is 400 g/mol. The Morgan fingerprint density at radius 1 is 1.26 bits per heavy atom. The molecule has 7 heteroatoms. The number of thioether (sulfide) groups is 1. The third kappa shape index (κ3) is 5.45. The Bertz CT molecular complexity index is 898. The largest absolute Gasteiger partial charge is 0.489 e. The monoisotopic (exact) mass is 399 g/mol. The van der Waals surface area contributed by atoms with Crippen molar-refractivity contribution in [2.75, 3.05) is 6.61 Å². The predicted molar refractivity (Wildman–Crippen MR) is 112 cm³/mol. The van der Waals surface area contributed by atoms with Gasteiger partial charge in [0.15, 0.2) is 5.17 Å². The molecular formula is C20H18ClN3O2S. The summed E-state index contributed by atoms with van der Waals surface area (Å²) in [5, 5.41) is 11.8. The molecule has 1 unspecified atom stereocenters. The molecule has 0 aliphatic carbocycles. The Balaban J connectivity index is 1.64. The van der Waals surface area contributed by atoms with Gasteiger partial charge in [0, 0.05) is 10.6 Å². The van der Waals surface area contributed by atoms with Crippen molar-refractivity contribution in [2.24, 2.45) is 10.2 Å². The molecule has 1 atom stereocenters. The summed E-state index contributed by atoms with van der Waals surface area (Å²) in [5.41, 5.74) is 1.81. The van der Waals surface area contributed by atoms with Crippen LogP contribution in [0.25, 0.3) is 0 Å². The summed E-state index contributed by atoms with van der Waals surface area (Å²) in [7, 11) is 0. The number of hydrogen-bond acceptors (Lipinski definition) is 5. The molecule has 1 N–H and O–H groups in total. The third-order valence-electron chi connectivity index (χ3n) is 3.71. The Labute approximate surface area is 167 Å². The van der Waals surface area contributed by atoms with E-state index in [2.05, 4.69) is 22.1 Å². The number of para-hydroxylation sites is 1. The van der Waals surface area contributed by atoms with Crippen LogP contribution in [0.4, 0.5) is 0 Å². The van der Waals surface area contributed by atoms with Gasteiger partial charge in [0.2, 0.25) is 5.91 Å². The SMILES string of the molecule is C=CCOc1ccccc1/C=N/N=C1\NC(=O)C(Cc2cccc(Cl)c2)S1. The number of nitrogens with zero attached hydrogens (tertiary/aromatic N) is 2. The van der Waals surface area contributed by atoms with Gasteiger partial charge in [-0.05, 0) is 36.2 Å². The zero-order valence-corrected chi connectivity index (χ0v) is 16.0. The number of rotatable bonds is 7. The van der Waals surface area contributed by atoms with Crippen molar-refractivity contribution in [3.05, 3.63) is 77.3 Å². The molecule has 27 heavy (non-hydrogen) atoms. The minimum absolute atomic E-state index is 0.0800. The number of halogens is 1. The molecule has 0 spiro atoms. The van der Waals surface area contributed by atoms with Crippen LogP contribution in [-0.2, 0) is 11.2 Å². The zero-order chi connectivity index (χ0) is 19.1. The van der Waals surface area contributed by atoms with E-state index >= 15 is 0 Å². The molecule has 138 valence electrons. The molecule has 1 fully saturated rings. The van der Waals surface area contributed by atoms with Crippen LogP contribution in [0.5, 0.6) is 5.75 Å². The highest BCUT2D eigenvalue weighted by Crippen LogP contribution is 2.24. The number of ether oxygens (including phenoxy) is 1. The maximum atomic E-state index is 12.2. The number of amides is 1. The number of carbonyl (C=O) groups excluding carboxylic acids is 1. The zero-order valence-electron chi connectivity index (χ0n) is 14.5. The first-order valence-electron chi connectivity index (χ1n) is 8.31. The van der Waals surface area contributed by atoms with Gasteiger partial charge in [-0.25, -0.2) is 0 Å². The van der Waals surface area contributed by atoms with E-state index in [0.717, 1.165) is 11.1 Å². The van der Waals surface area contributed by atoms with E-state index in [1.54, 1.807) is 12.3 Å². The van der Waals surface area contributed by atoms with E-state index in [1.807, 2.05) is 48.5 Å². The Morgan fingerprint density at radius 2 is 2.11 bits per heavy atom. The molecule has 1 heterocycles. The lowest BCUT2D eigenvalue weighted by atomic mass is 10.1. The second-order valence-corrected chi connectivity index (χ2v) is 7.34. The fourth-order valence-electron chi connectivity index (χ4n) is 2.48. The Hall–Kier alpha value is -2.57. The van der Waals surface area contributed by atoms with E-state index < -0.39 is 0 Å². The van der Waals surface area contributed by atoms with Gasteiger partial charge in [-0.3, -0.25) is 4.79 Å². The lowest BCUT2D eigenvalue weighted by Crippen LogP contribution is -2.25. The van der Waals surface area contributed by atoms with Crippen LogP contribution >= 0.6 is 23.4 Å². The smallest absolute Gasteiger partial charge is 0.239 e. The first-order valence-corrected chi connectivity index (χ1v) is 9.57.